The van der Waals surface area contributed by atoms with Crippen molar-refractivity contribution in [3.63, 3.8) is 0 Å². The van der Waals surface area contributed by atoms with Crippen LogP contribution in [0.4, 0.5) is 5.69 Å². The second kappa shape index (κ2) is 8.86. The minimum Gasteiger partial charge on any atom is -0.326 e. The lowest BCUT2D eigenvalue weighted by molar-refractivity contribution is 0.102. The quantitative estimate of drug-likeness (QED) is 0.329. The molecule has 0 saturated heterocycles. The van der Waals surface area contributed by atoms with Gasteiger partial charge in [0.05, 0.1) is 39.1 Å². The minimum absolute atomic E-state index is 0.309. The van der Waals surface area contributed by atoms with Gasteiger partial charge in [-0.2, -0.15) is 0 Å². The molecule has 0 radical (unpaired) electrons. The maximum absolute atomic E-state index is 13.0. The van der Waals surface area contributed by atoms with Crippen LogP contribution in [0.1, 0.15) is 16.1 Å². The smallest absolute Gasteiger partial charge is 0.257 e. The van der Waals surface area contributed by atoms with Crippen molar-refractivity contribution in [2.75, 3.05) is 5.32 Å². The number of amides is 1. The molecule has 0 aliphatic rings. The molecule has 0 atom stereocenters. The zero-order valence-corrected chi connectivity index (χ0v) is 19.2. The van der Waals surface area contributed by atoms with Crippen LogP contribution in [0.3, 0.4) is 0 Å². The number of para-hydroxylation sites is 1. The molecule has 3 heterocycles. The molecule has 2 aromatic carbocycles. The molecular formula is C23H15Cl3N6O. The third-order valence-electron chi connectivity index (χ3n) is 5.06. The van der Waals surface area contributed by atoms with E-state index in [1.807, 2.05) is 22.9 Å². The number of benzene rings is 2. The molecule has 5 rings (SSSR count). The SMILES string of the molecule is O=C(Nc1ccc(Cl)c(Cl)c1)c1ccccc1-n1cc(Cn2ccc3c(Cl)ccnc32)nn1. The van der Waals surface area contributed by atoms with Crippen LogP contribution in [0.5, 0.6) is 0 Å². The van der Waals surface area contributed by atoms with Gasteiger partial charge in [0.25, 0.3) is 5.91 Å². The van der Waals surface area contributed by atoms with E-state index >= 15 is 0 Å². The van der Waals surface area contributed by atoms with Crippen molar-refractivity contribution >= 4 is 57.4 Å². The van der Waals surface area contributed by atoms with Gasteiger partial charge in [-0.05, 0) is 42.5 Å². The zero-order chi connectivity index (χ0) is 22.9. The van der Waals surface area contributed by atoms with Crippen LogP contribution in [0, 0.1) is 0 Å². The Labute approximate surface area is 203 Å². The second-order valence-electron chi connectivity index (χ2n) is 7.23. The summed E-state index contributed by atoms with van der Waals surface area (Å²) in [5, 5.41) is 13.6. The lowest BCUT2D eigenvalue weighted by Gasteiger charge is -2.10. The second-order valence-corrected chi connectivity index (χ2v) is 8.45. The zero-order valence-electron chi connectivity index (χ0n) is 16.9. The first-order chi connectivity index (χ1) is 16.0. The van der Waals surface area contributed by atoms with Gasteiger partial charge < -0.3 is 9.88 Å². The minimum atomic E-state index is -0.309. The Morgan fingerprint density at radius 1 is 0.970 bits per heavy atom. The number of hydrogen-bond donors (Lipinski definition) is 1. The predicted octanol–water partition coefficient (Wildman–Crippen LogP) is 5.88. The van der Waals surface area contributed by atoms with Crippen LogP contribution in [0.25, 0.3) is 16.7 Å². The van der Waals surface area contributed by atoms with Gasteiger partial charge >= 0.3 is 0 Å². The predicted molar refractivity (Wildman–Crippen MR) is 130 cm³/mol. The van der Waals surface area contributed by atoms with Crippen LogP contribution >= 0.6 is 34.8 Å². The molecule has 1 N–H and O–H groups in total. The van der Waals surface area contributed by atoms with E-state index in [9.17, 15) is 4.79 Å². The van der Waals surface area contributed by atoms with E-state index in [1.54, 1.807) is 59.5 Å². The summed E-state index contributed by atoms with van der Waals surface area (Å²) in [6.45, 7) is 0.453. The molecule has 0 unspecified atom stereocenters. The molecule has 0 saturated carbocycles. The average molecular weight is 498 g/mol. The number of nitrogens with zero attached hydrogens (tertiary/aromatic N) is 5. The fourth-order valence-electron chi connectivity index (χ4n) is 3.49. The first-order valence-electron chi connectivity index (χ1n) is 9.86. The lowest BCUT2D eigenvalue weighted by Crippen LogP contribution is -2.15. The first kappa shape index (κ1) is 21.5. The molecule has 5 aromatic rings. The molecule has 33 heavy (non-hydrogen) atoms. The third kappa shape index (κ3) is 4.30. The largest absolute Gasteiger partial charge is 0.326 e. The molecule has 1 amide bonds. The molecule has 0 aliphatic heterocycles. The van der Waals surface area contributed by atoms with Gasteiger partial charge in [-0.3, -0.25) is 4.79 Å². The van der Waals surface area contributed by atoms with E-state index < -0.39 is 0 Å². The summed E-state index contributed by atoms with van der Waals surface area (Å²) in [6, 6.07) is 15.7. The van der Waals surface area contributed by atoms with E-state index in [0.29, 0.717) is 44.2 Å². The average Bonchev–Trinajstić information content (AvgIpc) is 3.45. The van der Waals surface area contributed by atoms with Crippen molar-refractivity contribution in [3.05, 3.63) is 99.5 Å². The van der Waals surface area contributed by atoms with Gasteiger partial charge in [0.2, 0.25) is 0 Å². The number of aromatic nitrogens is 5. The molecule has 164 valence electrons. The van der Waals surface area contributed by atoms with E-state index in [1.165, 1.54) is 0 Å². The van der Waals surface area contributed by atoms with Gasteiger partial charge in [-0.15, -0.1) is 5.10 Å². The Kier molecular flexibility index (Phi) is 5.76. The number of pyridine rings is 1. The monoisotopic (exact) mass is 496 g/mol. The van der Waals surface area contributed by atoms with E-state index in [4.69, 9.17) is 34.8 Å². The summed E-state index contributed by atoms with van der Waals surface area (Å²) < 4.78 is 3.52. The van der Waals surface area contributed by atoms with Gasteiger partial charge in [0.1, 0.15) is 11.3 Å². The van der Waals surface area contributed by atoms with Crippen molar-refractivity contribution in [1.82, 2.24) is 24.5 Å². The Bertz CT molecular complexity index is 1490. The van der Waals surface area contributed by atoms with E-state index in [0.717, 1.165) is 11.0 Å². The standard InChI is InChI=1S/C23H15Cl3N6O/c24-18-7-9-27-22-16(18)8-10-31(22)12-15-13-32(30-29-15)21-4-2-1-3-17(21)23(33)28-14-5-6-19(25)20(26)11-14/h1-11,13H,12H2,(H,28,33). The fourth-order valence-corrected chi connectivity index (χ4v) is 3.99. The summed E-state index contributed by atoms with van der Waals surface area (Å²) in [5.41, 5.74) is 3.02. The highest BCUT2D eigenvalue weighted by Crippen LogP contribution is 2.26. The first-order valence-corrected chi connectivity index (χ1v) is 11.0. The van der Waals surface area contributed by atoms with Gasteiger partial charge in [-0.25, -0.2) is 9.67 Å². The summed E-state index contributed by atoms with van der Waals surface area (Å²) in [7, 11) is 0. The number of carbonyl (C=O) groups is 1. The number of anilines is 1. The molecule has 3 aromatic heterocycles. The molecule has 0 fully saturated rings. The number of carbonyl (C=O) groups excluding carboxylic acids is 1. The van der Waals surface area contributed by atoms with Crippen LogP contribution in [0.2, 0.25) is 15.1 Å². The van der Waals surface area contributed by atoms with Crippen molar-refractivity contribution in [2.24, 2.45) is 0 Å². The number of hydrogen-bond acceptors (Lipinski definition) is 4. The number of fused-ring (bicyclic) bond motifs is 1. The maximum Gasteiger partial charge on any atom is 0.257 e. The Balaban J connectivity index is 1.41. The van der Waals surface area contributed by atoms with Crippen LogP contribution < -0.4 is 5.32 Å². The van der Waals surface area contributed by atoms with Gasteiger partial charge in [0, 0.05) is 23.5 Å². The molecule has 10 heteroatoms. The molecule has 0 spiro atoms. The Hall–Kier alpha value is -3.39. The Morgan fingerprint density at radius 3 is 2.67 bits per heavy atom. The highest BCUT2D eigenvalue weighted by molar-refractivity contribution is 6.42. The normalized spacial score (nSPS) is 11.1. The fraction of sp³-hybridized carbons (Fsp3) is 0.0435. The summed E-state index contributed by atoms with van der Waals surface area (Å²) in [4.78, 5) is 17.4. The third-order valence-corrected chi connectivity index (χ3v) is 6.12. The molecule has 0 bridgehead atoms. The highest BCUT2D eigenvalue weighted by atomic mass is 35.5. The molecule has 0 aliphatic carbocycles. The van der Waals surface area contributed by atoms with E-state index in [2.05, 4.69) is 20.6 Å². The summed E-state index contributed by atoms with van der Waals surface area (Å²) in [6.07, 6.45) is 5.35. The van der Waals surface area contributed by atoms with Crippen LogP contribution in [-0.4, -0.2) is 30.5 Å². The summed E-state index contributed by atoms with van der Waals surface area (Å²) >= 11 is 18.3. The topological polar surface area (TPSA) is 77.6 Å². The van der Waals surface area contributed by atoms with Crippen LogP contribution in [0.15, 0.2) is 73.2 Å². The highest BCUT2D eigenvalue weighted by Gasteiger charge is 2.15. The van der Waals surface area contributed by atoms with Crippen molar-refractivity contribution < 1.29 is 4.79 Å². The number of nitrogens with one attached hydrogen (secondary N) is 1. The van der Waals surface area contributed by atoms with E-state index in [-0.39, 0.29) is 5.91 Å². The van der Waals surface area contributed by atoms with Crippen molar-refractivity contribution in [1.29, 1.82) is 0 Å². The van der Waals surface area contributed by atoms with Crippen molar-refractivity contribution in [3.8, 4) is 5.69 Å². The summed E-state index contributed by atoms with van der Waals surface area (Å²) in [5.74, 6) is -0.309. The van der Waals surface area contributed by atoms with Gasteiger partial charge in [0.15, 0.2) is 0 Å². The molecule has 7 nitrogen and oxygen atoms in total. The number of rotatable bonds is 5. The van der Waals surface area contributed by atoms with Crippen LogP contribution in [-0.2, 0) is 6.54 Å². The Morgan fingerprint density at radius 2 is 1.82 bits per heavy atom. The van der Waals surface area contributed by atoms with Crippen molar-refractivity contribution in [2.45, 2.75) is 6.54 Å². The number of halogens is 3. The molecular weight excluding hydrogens is 483 g/mol. The maximum atomic E-state index is 13.0. The van der Waals surface area contributed by atoms with Gasteiger partial charge in [-0.1, -0.05) is 52.1 Å². The lowest BCUT2D eigenvalue weighted by atomic mass is 10.1.